The van der Waals surface area contributed by atoms with Gasteiger partial charge in [-0.25, -0.2) is 10.2 Å². The number of amides is 3. The van der Waals surface area contributed by atoms with Crippen LogP contribution in [0.25, 0.3) is 0 Å². The summed E-state index contributed by atoms with van der Waals surface area (Å²) in [4.78, 5) is 34.5. The van der Waals surface area contributed by atoms with Gasteiger partial charge in [-0.1, -0.05) is 12.1 Å². The molecule has 3 rings (SSSR count). The first-order chi connectivity index (χ1) is 11.5. The van der Waals surface area contributed by atoms with E-state index >= 15 is 0 Å². The number of rotatable bonds is 4. The van der Waals surface area contributed by atoms with Gasteiger partial charge in [0.15, 0.2) is 6.10 Å². The number of anilines is 1. The lowest BCUT2D eigenvalue weighted by molar-refractivity contribution is -0.123. The first-order valence-corrected chi connectivity index (χ1v) is 7.66. The van der Waals surface area contributed by atoms with Gasteiger partial charge in [0.2, 0.25) is 5.91 Å². The third-order valence-corrected chi connectivity index (χ3v) is 4.07. The lowest BCUT2D eigenvalue weighted by Crippen LogP contribution is -2.33. The van der Waals surface area contributed by atoms with Crippen molar-refractivity contribution in [2.45, 2.75) is 19.4 Å². The minimum atomic E-state index is -0.908. The number of benzene rings is 1. The maximum atomic E-state index is 12.0. The fourth-order valence-electron chi connectivity index (χ4n) is 2.59. The molecule has 3 N–H and O–H groups in total. The van der Waals surface area contributed by atoms with Crippen molar-refractivity contribution in [1.29, 1.82) is 0 Å². The molecule has 0 bridgehead atoms. The molecule has 0 saturated heterocycles. The molecular weight excluding hydrogens is 312 g/mol. The fraction of sp³-hybridized carbons (Fsp3) is 0.375. The zero-order valence-corrected chi connectivity index (χ0v) is 13.3. The molecule has 126 valence electrons. The summed E-state index contributed by atoms with van der Waals surface area (Å²) in [6.45, 7) is 1.49. The second-order valence-corrected chi connectivity index (χ2v) is 5.79. The number of hydrogen-bond acceptors (Lipinski definition) is 5. The quantitative estimate of drug-likeness (QED) is 0.760. The number of carbonyl (C=O) groups is 3. The van der Waals surface area contributed by atoms with Gasteiger partial charge in [0.25, 0.3) is 5.91 Å². The summed E-state index contributed by atoms with van der Waals surface area (Å²) < 4.78 is 4.86. The third kappa shape index (κ3) is 3.22. The van der Waals surface area contributed by atoms with Crippen LogP contribution in [0.3, 0.4) is 0 Å². The summed E-state index contributed by atoms with van der Waals surface area (Å²) in [6, 6.07) is 7.17. The van der Waals surface area contributed by atoms with Crippen LogP contribution in [0.4, 0.5) is 10.5 Å². The van der Waals surface area contributed by atoms with Crippen LogP contribution in [-0.2, 0) is 14.3 Å². The van der Waals surface area contributed by atoms with Crippen molar-refractivity contribution in [2.24, 2.45) is 16.9 Å². The number of nitrogens with zero attached hydrogens (tertiary/aromatic N) is 1. The molecule has 0 radical (unpaired) electrons. The van der Waals surface area contributed by atoms with Crippen molar-refractivity contribution < 1.29 is 19.1 Å². The summed E-state index contributed by atoms with van der Waals surface area (Å²) >= 11 is 0. The van der Waals surface area contributed by atoms with Gasteiger partial charge in [-0.3, -0.25) is 9.59 Å². The molecule has 24 heavy (non-hydrogen) atoms. The highest BCUT2D eigenvalue weighted by molar-refractivity contribution is 6.09. The van der Waals surface area contributed by atoms with E-state index in [0.717, 1.165) is 17.7 Å². The highest BCUT2D eigenvalue weighted by Crippen LogP contribution is 2.43. The molecule has 3 atom stereocenters. The molecule has 1 aromatic rings. The minimum Gasteiger partial charge on any atom is -0.436 e. The minimum absolute atomic E-state index is 0.0160. The van der Waals surface area contributed by atoms with Gasteiger partial charge in [-0.05, 0) is 31.0 Å². The molecule has 8 nitrogen and oxygen atoms in total. The van der Waals surface area contributed by atoms with E-state index in [1.54, 1.807) is 12.1 Å². The van der Waals surface area contributed by atoms with Gasteiger partial charge in [0, 0.05) is 24.6 Å². The summed E-state index contributed by atoms with van der Waals surface area (Å²) in [5.41, 5.74) is 4.90. The Labute approximate surface area is 138 Å². The number of alkyl carbamates (subject to hydrolysis) is 1. The third-order valence-electron chi connectivity index (χ3n) is 4.07. The zero-order valence-electron chi connectivity index (χ0n) is 13.3. The SMILES string of the molecule is CNC(=O)OC(C)C(=O)Nc1ccc(C2=NNC(=O)C3CC23)cc1. The van der Waals surface area contributed by atoms with Crippen LogP contribution >= 0.6 is 0 Å². The van der Waals surface area contributed by atoms with Crippen LogP contribution < -0.4 is 16.1 Å². The van der Waals surface area contributed by atoms with Gasteiger partial charge >= 0.3 is 6.09 Å². The number of fused-ring (bicyclic) bond motifs is 1. The molecule has 3 unspecified atom stereocenters. The van der Waals surface area contributed by atoms with Gasteiger partial charge < -0.3 is 15.4 Å². The van der Waals surface area contributed by atoms with Crippen molar-refractivity contribution >= 4 is 29.3 Å². The largest absolute Gasteiger partial charge is 0.436 e. The number of carbonyl (C=O) groups excluding carboxylic acids is 3. The fourth-order valence-corrected chi connectivity index (χ4v) is 2.59. The van der Waals surface area contributed by atoms with E-state index in [-0.39, 0.29) is 17.7 Å². The molecule has 1 saturated carbocycles. The lowest BCUT2D eigenvalue weighted by atomic mass is 10.0. The van der Waals surface area contributed by atoms with Crippen LogP contribution in [0, 0.1) is 11.8 Å². The van der Waals surface area contributed by atoms with E-state index in [2.05, 4.69) is 21.2 Å². The summed E-state index contributed by atoms with van der Waals surface area (Å²) in [6.07, 6.45) is -0.739. The molecule has 8 heteroatoms. The van der Waals surface area contributed by atoms with Crippen molar-refractivity contribution in [3.05, 3.63) is 29.8 Å². The number of hydrogen-bond donors (Lipinski definition) is 3. The van der Waals surface area contributed by atoms with E-state index in [1.165, 1.54) is 14.0 Å². The standard InChI is InChI=1S/C16H18N4O4/c1-8(24-16(23)17-2)14(21)18-10-5-3-9(4-6-10)13-11-7-12(11)15(22)20-19-13/h3-6,8,11-12H,7H2,1-2H3,(H,17,23)(H,18,21)(H,20,22). The van der Waals surface area contributed by atoms with Crippen LogP contribution in [0.5, 0.6) is 0 Å². The van der Waals surface area contributed by atoms with E-state index < -0.39 is 18.1 Å². The monoisotopic (exact) mass is 330 g/mol. The molecule has 1 aliphatic heterocycles. The van der Waals surface area contributed by atoms with Crippen molar-refractivity contribution in [3.63, 3.8) is 0 Å². The first kappa shape index (κ1) is 16.0. The lowest BCUT2D eigenvalue weighted by Gasteiger charge is -2.14. The molecule has 3 amide bonds. The topological polar surface area (TPSA) is 109 Å². The Balaban J connectivity index is 1.62. The van der Waals surface area contributed by atoms with E-state index in [9.17, 15) is 14.4 Å². The van der Waals surface area contributed by atoms with Crippen molar-refractivity contribution in [3.8, 4) is 0 Å². The van der Waals surface area contributed by atoms with Gasteiger partial charge in [0.05, 0.1) is 5.71 Å². The maximum Gasteiger partial charge on any atom is 0.407 e. The molecule has 0 spiro atoms. The highest BCUT2D eigenvalue weighted by atomic mass is 16.6. The predicted octanol–water partition coefficient (Wildman–Crippen LogP) is 0.840. The molecule has 0 aromatic heterocycles. The number of nitrogens with one attached hydrogen (secondary N) is 3. The Morgan fingerprint density at radius 3 is 2.67 bits per heavy atom. The Morgan fingerprint density at radius 2 is 2.00 bits per heavy atom. The average molecular weight is 330 g/mol. The smallest absolute Gasteiger partial charge is 0.407 e. The molecule has 1 fully saturated rings. The summed E-state index contributed by atoms with van der Waals surface area (Å²) in [7, 11) is 1.42. The van der Waals surface area contributed by atoms with Crippen LogP contribution in [0.15, 0.2) is 29.4 Å². The molecule has 1 aliphatic carbocycles. The van der Waals surface area contributed by atoms with Crippen LogP contribution in [0.1, 0.15) is 18.9 Å². The Bertz CT molecular complexity index is 713. The van der Waals surface area contributed by atoms with E-state index in [0.29, 0.717) is 5.69 Å². The Morgan fingerprint density at radius 1 is 1.29 bits per heavy atom. The number of ether oxygens (including phenoxy) is 1. The van der Waals surface area contributed by atoms with E-state index in [1.807, 2.05) is 12.1 Å². The summed E-state index contributed by atoms with van der Waals surface area (Å²) in [5, 5.41) is 9.09. The molecular formula is C16H18N4O4. The first-order valence-electron chi connectivity index (χ1n) is 7.66. The van der Waals surface area contributed by atoms with Gasteiger partial charge in [-0.2, -0.15) is 5.10 Å². The molecule has 1 aromatic carbocycles. The molecule has 1 heterocycles. The van der Waals surface area contributed by atoms with Crippen molar-refractivity contribution in [2.75, 3.05) is 12.4 Å². The van der Waals surface area contributed by atoms with Crippen LogP contribution in [-0.4, -0.2) is 36.8 Å². The molecule has 2 aliphatic rings. The van der Waals surface area contributed by atoms with Gasteiger partial charge in [0.1, 0.15) is 0 Å². The second-order valence-electron chi connectivity index (χ2n) is 5.79. The number of hydrazone groups is 1. The van der Waals surface area contributed by atoms with Crippen molar-refractivity contribution in [1.82, 2.24) is 10.7 Å². The summed E-state index contributed by atoms with van der Waals surface area (Å²) in [5.74, 6) is -0.201. The maximum absolute atomic E-state index is 12.0. The second kappa shape index (κ2) is 6.31. The predicted molar refractivity (Wildman–Crippen MR) is 86.4 cm³/mol. The zero-order chi connectivity index (χ0) is 17.3. The highest BCUT2D eigenvalue weighted by Gasteiger charge is 2.49. The Kier molecular flexibility index (Phi) is 4.20. The average Bonchev–Trinajstić information content (AvgIpc) is 3.37. The normalized spacial score (nSPS) is 22.4. The Hall–Kier alpha value is -2.90. The van der Waals surface area contributed by atoms with Crippen LogP contribution in [0.2, 0.25) is 0 Å². The van der Waals surface area contributed by atoms with E-state index in [4.69, 9.17) is 4.74 Å². The van der Waals surface area contributed by atoms with Gasteiger partial charge in [-0.15, -0.1) is 0 Å².